The summed E-state index contributed by atoms with van der Waals surface area (Å²) in [5, 5.41) is 34.0. The van der Waals surface area contributed by atoms with E-state index in [0.29, 0.717) is 5.76 Å². The predicted octanol–water partition coefficient (Wildman–Crippen LogP) is 3.87. The fourth-order valence-electron chi connectivity index (χ4n) is 3.33. The van der Waals surface area contributed by atoms with Crippen molar-refractivity contribution in [3.63, 3.8) is 0 Å². The minimum absolute atomic E-state index is 0.0485. The van der Waals surface area contributed by atoms with Gasteiger partial charge in [-0.3, -0.25) is 5.32 Å². The first-order valence-electron chi connectivity index (χ1n) is 10.5. The van der Waals surface area contributed by atoms with Crippen LogP contribution in [0.1, 0.15) is 50.8 Å². The highest BCUT2D eigenvalue weighted by Gasteiger charge is 2.32. The largest absolute Gasteiger partial charge is 0.503 e. The maximum absolute atomic E-state index is 12.8. The van der Waals surface area contributed by atoms with Crippen molar-refractivity contribution in [3.05, 3.63) is 33.7 Å². The summed E-state index contributed by atoms with van der Waals surface area (Å²) < 4.78 is 37.2. The molecule has 0 bridgehead atoms. The second-order valence-electron chi connectivity index (χ2n) is 7.88. The molecule has 0 saturated heterocycles. The second kappa shape index (κ2) is 9.61. The molecule has 0 aromatic carbocycles. The Labute approximate surface area is 196 Å². The van der Waals surface area contributed by atoms with E-state index in [4.69, 9.17) is 9.05 Å². The monoisotopic (exact) mass is 499 g/mol. The van der Waals surface area contributed by atoms with Gasteiger partial charge in [-0.05, 0) is 36.6 Å². The molecule has 11 nitrogen and oxygen atoms in total. The van der Waals surface area contributed by atoms with E-state index < -0.39 is 15.8 Å². The van der Waals surface area contributed by atoms with Crippen molar-refractivity contribution in [2.24, 2.45) is 5.92 Å². The molecule has 3 rings (SSSR count). The molecular formula is C20H29N5O6S2. The van der Waals surface area contributed by atoms with Gasteiger partial charge >= 0.3 is 5.82 Å². The molecule has 13 heteroatoms. The van der Waals surface area contributed by atoms with Crippen LogP contribution in [0.25, 0.3) is 0 Å². The smallest absolute Gasteiger partial charge is 0.324 e. The minimum atomic E-state index is -3.87. The van der Waals surface area contributed by atoms with E-state index in [1.807, 2.05) is 33.8 Å². The van der Waals surface area contributed by atoms with E-state index in [2.05, 4.69) is 15.8 Å². The van der Waals surface area contributed by atoms with Gasteiger partial charge in [0.2, 0.25) is 0 Å². The van der Waals surface area contributed by atoms with Gasteiger partial charge in [0.1, 0.15) is 11.5 Å². The van der Waals surface area contributed by atoms with E-state index in [0.717, 1.165) is 22.7 Å². The number of thiophene rings is 1. The molecule has 0 unspecified atom stereocenters. The molecule has 33 heavy (non-hydrogen) atoms. The van der Waals surface area contributed by atoms with Crippen molar-refractivity contribution in [2.45, 2.75) is 51.8 Å². The van der Waals surface area contributed by atoms with E-state index in [-0.39, 0.29) is 51.5 Å². The van der Waals surface area contributed by atoms with Crippen molar-refractivity contribution in [1.82, 2.24) is 9.46 Å². The molecule has 1 atom stereocenters. The highest BCUT2D eigenvalue weighted by molar-refractivity contribution is 7.91. The Kier molecular flexibility index (Phi) is 7.24. The van der Waals surface area contributed by atoms with Gasteiger partial charge in [0.15, 0.2) is 15.6 Å². The second-order valence-corrected chi connectivity index (χ2v) is 10.9. The Bertz CT molecular complexity index is 1190. The third-order valence-electron chi connectivity index (χ3n) is 5.33. The lowest BCUT2D eigenvalue weighted by Gasteiger charge is -2.19. The van der Waals surface area contributed by atoms with Gasteiger partial charge in [-0.15, -0.1) is 11.3 Å². The molecule has 0 amide bonds. The minimum Gasteiger partial charge on any atom is -0.503 e. The van der Waals surface area contributed by atoms with Crippen LogP contribution in [0.3, 0.4) is 0 Å². The van der Waals surface area contributed by atoms with E-state index in [1.165, 1.54) is 9.69 Å². The van der Waals surface area contributed by atoms with Crippen LogP contribution in [0.4, 0.5) is 17.3 Å². The summed E-state index contributed by atoms with van der Waals surface area (Å²) in [4.78, 5) is 0.147. The van der Waals surface area contributed by atoms with Gasteiger partial charge in [0.25, 0.3) is 15.8 Å². The van der Waals surface area contributed by atoms with Crippen LogP contribution in [0, 0.1) is 25.0 Å². The van der Waals surface area contributed by atoms with Crippen molar-refractivity contribution in [1.29, 1.82) is 0 Å². The molecule has 0 aliphatic carbocycles. The van der Waals surface area contributed by atoms with Gasteiger partial charge in [-0.1, -0.05) is 32.6 Å². The summed E-state index contributed by atoms with van der Waals surface area (Å²) in [5.41, 5.74) is 1.05. The number of nitrogens with one attached hydrogen (secondary N) is 2. The predicted molar refractivity (Wildman–Crippen MR) is 124 cm³/mol. The number of anilines is 3. The number of hydrogen-bond donors (Lipinski definition) is 3. The average Bonchev–Trinajstić information content (AvgIpc) is 3.39. The van der Waals surface area contributed by atoms with Crippen LogP contribution in [0.2, 0.25) is 0 Å². The maximum atomic E-state index is 12.8. The van der Waals surface area contributed by atoms with E-state index in [1.54, 1.807) is 13.8 Å². The number of aromatic nitrogens is 2. The highest BCUT2D eigenvalue weighted by atomic mass is 32.2. The van der Waals surface area contributed by atoms with Crippen LogP contribution in [-0.2, 0) is 10.0 Å². The molecule has 3 aromatic heterocycles. The molecule has 0 radical (unpaired) electrons. The Hall–Kier alpha value is -2.77. The molecule has 3 N–H and O–H groups in total. The number of aryl methyl sites for hydroxylation is 2. The Balaban J connectivity index is 1.92. The van der Waals surface area contributed by atoms with Crippen molar-refractivity contribution >= 4 is 38.7 Å². The number of rotatable bonds is 10. The first kappa shape index (κ1) is 24.9. The van der Waals surface area contributed by atoms with Crippen molar-refractivity contribution in [3.8, 4) is 5.75 Å². The quantitative estimate of drug-likeness (QED) is 0.353. The van der Waals surface area contributed by atoms with Crippen molar-refractivity contribution < 1.29 is 27.5 Å². The van der Waals surface area contributed by atoms with Gasteiger partial charge in [-0.2, -0.15) is 4.31 Å². The standard InChI is InChI=1S/C20H29N5O6S2/c1-7-24(8-2)33(28,29)20-17(26)14(10-32-20)21-19-18(23-31-25(19)27)22-16(11(3)4)15-9-12(5)13(6)30-15/h9-11,16,21,26H,7-8H2,1-6H3,(H,22,23)/t16-/m1/s1. The van der Waals surface area contributed by atoms with Crippen LogP contribution < -0.4 is 15.5 Å². The fourth-order valence-corrected chi connectivity index (χ4v) is 6.16. The first-order valence-corrected chi connectivity index (χ1v) is 12.8. The number of furan rings is 1. The first-order chi connectivity index (χ1) is 15.5. The Morgan fingerprint density at radius 1 is 1.30 bits per heavy atom. The number of hydrogen-bond acceptors (Lipinski definition) is 10. The van der Waals surface area contributed by atoms with E-state index >= 15 is 0 Å². The molecule has 0 fully saturated rings. The van der Waals surface area contributed by atoms with Crippen LogP contribution in [0.5, 0.6) is 5.75 Å². The molecule has 3 aromatic rings. The zero-order valence-electron chi connectivity index (χ0n) is 19.4. The maximum Gasteiger partial charge on any atom is 0.324 e. The summed E-state index contributed by atoms with van der Waals surface area (Å²) in [7, 11) is -3.87. The summed E-state index contributed by atoms with van der Waals surface area (Å²) in [6.07, 6.45) is 0. The summed E-state index contributed by atoms with van der Waals surface area (Å²) in [5.74, 6) is 1.03. The lowest BCUT2D eigenvalue weighted by molar-refractivity contribution is -0.790. The molecular weight excluding hydrogens is 470 g/mol. The molecule has 0 aliphatic heterocycles. The number of nitrogens with zero attached hydrogens (tertiary/aromatic N) is 3. The molecule has 182 valence electrons. The lowest BCUT2D eigenvalue weighted by atomic mass is 10.0. The highest BCUT2D eigenvalue weighted by Crippen LogP contribution is 2.41. The van der Waals surface area contributed by atoms with Gasteiger partial charge < -0.3 is 24.7 Å². The SMILES string of the molecule is CCN(CC)S(=O)(=O)c1scc(Nc2c(N[C@@H](c3cc(C)c(C)o3)C(C)C)no[n+]2[O-])c1O. The Morgan fingerprint density at radius 2 is 1.97 bits per heavy atom. The molecule has 0 aliphatic rings. The normalized spacial score (nSPS) is 13.1. The fraction of sp³-hybridized carbons (Fsp3) is 0.500. The van der Waals surface area contributed by atoms with Crippen LogP contribution >= 0.6 is 11.3 Å². The van der Waals surface area contributed by atoms with Crippen molar-refractivity contribution in [2.75, 3.05) is 23.7 Å². The zero-order chi connectivity index (χ0) is 24.5. The molecule has 3 heterocycles. The third-order valence-corrected chi connectivity index (χ3v) is 8.87. The average molecular weight is 500 g/mol. The zero-order valence-corrected chi connectivity index (χ0v) is 21.0. The summed E-state index contributed by atoms with van der Waals surface area (Å²) in [6.45, 7) is 11.7. The van der Waals surface area contributed by atoms with Gasteiger partial charge in [-0.25, -0.2) is 8.42 Å². The van der Waals surface area contributed by atoms with Crippen LogP contribution in [-0.4, -0.2) is 36.1 Å². The van der Waals surface area contributed by atoms with Gasteiger partial charge in [0, 0.05) is 18.5 Å². The number of sulfonamides is 1. The molecule has 0 saturated carbocycles. The van der Waals surface area contributed by atoms with Crippen LogP contribution in [0.15, 0.2) is 24.7 Å². The third kappa shape index (κ3) is 4.80. The topological polar surface area (TPSA) is 148 Å². The van der Waals surface area contributed by atoms with E-state index in [9.17, 15) is 18.7 Å². The number of aromatic hydroxyl groups is 1. The lowest BCUT2D eigenvalue weighted by Crippen LogP contribution is -2.30. The molecule has 0 spiro atoms. The Morgan fingerprint density at radius 3 is 2.52 bits per heavy atom. The van der Waals surface area contributed by atoms with Gasteiger partial charge in [0.05, 0.1) is 6.04 Å². The summed E-state index contributed by atoms with van der Waals surface area (Å²) >= 11 is 0.856. The summed E-state index contributed by atoms with van der Waals surface area (Å²) in [6, 6.07) is 1.60.